The Bertz CT molecular complexity index is 735. The monoisotopic (exact) mass is 374 g/mol. The summed E-state index contributed by atoms with van der Waals surface area (Å²) in [5.41, 5.74) is 2.75. The number of nitrogens with one attached hydrogen (secondary N) is 1. The van der Waals surface area contributed by atoms with Crippen LogP contribution in [0.3, 0.4) is 0 Å². The molecule has 1 aliphatic rings. The molecule has 140 valence electrons. The lowest BCUT2D eigenvalue weighted by atomic mass is 10.0. The number of aryl methyl sites for hydroxylation is 1. The van der Waals surface area contributed by atoms with Crippen molar-refractivity contribution in [3.8, 4) is 0 Å². The Morgan fingerprint density at radius 1 is 1.23 bits per heavy atom. The molecule has 1 saturated heterocycles. The van der Waals surface area contributed by atoms with Gasteiger partial charge in [0.05, 0.1) is 17.8 Å². The Hall–Kier alpha value is -1.85. The predicted molar refractivity (Wildman–Crippen MR) is 105 cm³/mol. The Labute approximate surface area is 160 Å². The van der Waals surface area contributed by atoms with E-state index in [4.69, 9.17) is 11.6 Å². The van der Waals surface area contributed by atoms with Crippen molar-refractivity contribution in [2.45, 2.75) is 45.7 Å². The highest BCUT2D eigenvalue weighted by Crippen LogP contribution is 2.25. The minimum Gasteiger partial charge on any atom is -0.350 e. The minimum absolute atomic E-state index is 0.0572. The summed E-state index contributed by atoms with van der Waals surface area (Å²) >= 11 is 6.05. The van der Waals surface area contributed by atoms with Crippen molar-refractivity contribution in [1.29, 1.82) is 0 Å². The summed E-state index contributed by atoms with van der Waals surface area (Å²) in [7, 11) is 0. The van der Waals surface area contributed by atoms with E-state index in [1.54, 1.807) is 6.20 Å². The van der Waals surface area contributed by atoms with Gasteiger partial charge in [0.25, 0.3) is 5.91 Å². The van der Waals surface area contributed by atoms with Crippen LogP contribution in [0.4, 0.5) is 0 Å². The lowest BCUT2D eigenvalue weighted by Gasteiger charge is -2.35. The maximum absolute atomic E-state index is 12.7. The van der Waals surface area contributed by atoms with Crippen molar-refractivity contribution in [2.75, 3.05) is 19.6 Å². The number of hydrogen-bond donors (Lipinski definition) is 1. The molecule has 1 fully saturated rings. The highest BCUT2D eigenvalue weighted by Gasteiger charge is 2.23. The van der Waals surface area contributed by atoms with Crippen molar-refractivity contribution >= 4 is 17.5 Å². The van der Waals surface area contributed by atoms with E-state index in [9.17, 15) is 4.79 Å². The molecular weight excluding hydrogens is 348 g/mol. The van der Waals surface area contributed by atoms with E-state index in [2.05, 4.69) is 27.4 Å². The zero-order valence-corrected chi connectivity index (χ0v) is 16.3. The molecule has 2 heterocycles. The highest BCUT2D eigenvalue weighted by atomic mass is 35.5. The van der Waals surface area contributed by atoms with Gasteiger partial charge in [0.15, 0.2) is 0 Å². The molecular formula is C20H27ClN4O. The summed E-state index contributed by atoms with van der Waals surface area (Å²) in [5.74, 6) is -0.0572. The molecule has 26 heavy (non-hydrogen) atoms. The first-order valence-corrected chi connectivity index (χ1v) is 9.78. The summed E-state index contributed by atoms with van der Waals surface area (Å²) in [5, 5.41) is 8.13. The van der Waals surface area contributed by atoms with Gasteiger partial charge >= 0.3 is 0 Å². The molecule has 0 aliphatic carbocycles. The summed E-state index contributed by atoms with van der Waals surface area (Å²) in [6.45, 7) is 7.44. The van der Waals surface area contributed by atoms with Crippen LogP contribution in [0.5, 0.6) is 0 Å². The molecule has 2 aromatic rings. The molecule has 1 N–H and O–H groups in total. The zero-order chi connectivity index (χ0) is 18.5. The maximum atomic E-state index is 12.7. The van der Waals surface area contributed by atoms with Crippen LogP contribution >= 0.6 is 11.6 Å². The first-order valence-electron chi connectivity index (χ1n) is 9.40. The number of hydrogen-bond acceptors (Lipinski definition) is 3. The van der Waals surface area contributed by atoms with Crippen molar-refractivity contribution in [3.05, 3.63) is 52.3 Å². The van der Waals surface area contributed by atoms with Gasteiger partial charge in [-0.05, 0) is 57.5 Å². The molecule has 1 aromatic carbocycles. The van der Waals surface area contributed by atoms with E-state index in [-0.39, 0.29) is 11.9 Å². The van der Waals surface area contributed by atoms with Crippen LogP contribution in [0.25, 0.3) is 0 Å². The molecule has 0 bridgehead atoms. The molecule has 0 radical (unpaired) electrons. The second-order valence-corrected chi connectivity index (χ2v) is 7.27. The molecule has 0 unspecified atom stereocenters. The molecule has 1 atom stereocenters. The molecule has 1 aromatic heterocycles. The Kier molecular flexibility index (Phi) is 6.33. The summed E-state index contributed by atoms with van der Waals surface area (Å²) < 4.78 is 1.84. The van der Waals surface area contributed by atoms with Crippen LogP contribution in [0.2, 0.25) is 5.02 Å². The number of nitrogens with zero attached hydrogens (tertiary/aromatic N) is 3. The second kappa shape index (κ2) is 8.69. The van der Waals surface area contributed by atoms with Crippen LogP contribution in [0.15, 0.2) is 30.5 Å². The van der Waals surface area contributed by atoms with E-state index in [1.165, 1.54) is 24.8 Å². The lowest BCUT2D eigenvalue weighted by Crippen LogP contribution is -2.40. The number of halogens is 1. The van der Waals surface area contributed by atoms with Crippen molar-refractivity contribution < 1.29 is 4.79 Å². The number of aromatic nitrogens is 2. The number of likely N-dealkylation sites (tertiary alicyclic amines) is 1. The van der Waals surface area contributed by atoms with Crippen LogP contribution in [0, 0.1) is 6.92 Å². The average molecular weight is 375 g/mol. The summed E-state index contributed by atoms with van der Waals surface area (Å²) in [6, 6.07) is 8.14. The standard InChI is InChI=1S/C20H27ClN4O/c1-3-25-15(2)18(13-23-25)20(26)22-14-19(24-11-5-4-6-12-24)16-7-9-17(21)10-8-16/h7-10,13,19H,3-6,11-12,14H2,1-2H3,(H,22,26)/t19-/m0/s1. The first kappa shape index (κ1) is 18.9. The summed E-state index contributed by atoms with van der Waals surface area (Å²) in [4.78, 5) is 15.1. The smallest absolute Gasteiger partial charge is 0.254 e. The van der Waals surface area contributed by atoms with Gasteiger partial charge < -0.3 is 5.32 Å². The van der Waals surface area contributed by atoms with Crippen molar-refractivity contribution in [2.24, 2.45) is 0 Å². The predicted octanol–water partition coefficient (Wildman–Crippen LogP) is 3.82. The van der Waals surface area contributed by atoms with Gasteiger partial charge in [-0.1, -0.05) is 30.2 Å². The maximum Gasteiger partial charge on any atom is 0.254 e. The van der Waals surface area contributed by atoms with Gasteiger partial charge in [0.1, 0.15) is 0 Å². The van der Waals surface area contributed by atoms with E-state index in [0.29, 0.717) is 12.1 Å². The Morgan fingerprint density at radius 2 is 1.92 bits per heavy atom. The first-order chi connectivity index (χ1) is 12.6. The quantitative estimate of drug-likeness (QED) is 0.836. The fourth-order valence-electron chi connectivity index (χ4n) is 3.65. The van der Waals surface area contributed by atoms with Gasteiger partial charge in [-0.15, -0.1) is 0 Å². The third kappa shape index (κ3) is 4.27. The van der Waals surface area contributed by atoms with E-state index in [0.717, 1.165) is 30.4 Å². The third-order valence-corrected chi connectivity index (χ3v) is 5.44. The number of benzene rings is 1. The fourth-order valence-corrected chi connectivity index (χ4v) is 3.77. The highest BCUT2D eigenvalue weighted by molar-refractivity contribution is 6.30. The van der Waals surface area contributed by atoms with Crippen LogP contribution in [-0.4, -0.2) is 40.2 Å². The van der Waals surface area contributed by atoms with Crippen molar-refractivity contribution in [3.63, 3.8) is 0 Å². The van der Waals surface area contributed by atoms with Gasteiger partial charge in [0, 0.05) is 23.8 Å². The number of rotatable bonds is 6. The normalized spacial score (nSPS) is 16.4. The molecule has 6 heteroatoms. The molecule has 0 saturated carbocycles. The average Bonchev–Trinajstić information content (AvgIpc) is 3.04. The molecule has 0 spiro atoms. The van der Waals surface area contributed by atoms with Crippen LogP contribution in [0.1, 0.15) is 53.8 Å². The van der Waals surface area contributed by atoms with E-state index < -0.39 is 0 Å². The largest absolute Gasteiger partial charge is 0.350 e. The van der Waals surface area contributed by atoms with Crippen molar-refractivity contribution in [1.82, 2.24) is 20.0 Å². The van der Waals surface area contributed by atoms with Gasteiger partial charge in [-0.3, -0.25) is 14.4 Å². The minimum atomic E-state index is -0.0572. The van der Waals surface area contributed by atoms with Crippen LogP contribution < -0.4 is 5.32 Å². The topological polar surface area (TPSA) is 50.2 Å². The molecule has 1 amide bonds. The Morgan fingerprint density at radius 3 is 2.54 bits per heavy atom. The van der Waals surface area contributed by atoms with Crippen LogP contribution in [-0.2, 0) is 6.54 Å². The molecule has 1 aliphatic heterocycles. The number of piperidine rings is 1. The second-order valence-electron chi connectivity index (χ2n) is 6.83. The van der Waals surface area contributed by atoms with E-state index in [1.807, 2.05) is 30.7 Å². The Balaban J connectivity index is 1.73. The fraction of sp³-hybridized carbons (Fsp3) is 0.500. The SMILES string of the molecule is CCn1ncc(C(=O)NC[C@@H](c2ccc(Cl)cc2)N2CCCCC2)c1C. The zero-order valence-electron chi connectivity index (χ0n) is 15.5. The lowest BCUT2D eigenvalue weighted by molar-refractivity contribution is 0.0923. The number of amides is 1. The van der Waals surface area contributed by atoms with E-state index >= 15 is 0 Å². The molecule has 3 rings (SSSR count). The summed E-state index contributed by atoms with van der Waals surface area (Å²) in [6.07, 6.45) is 5.36. The molecule has 5 nitrogen and oxygen atoms in total. The number of carbonyl (C=O) groups is 1. The van der Waals surface area contributed by atoms with Gasteiger partial charge in [-0.25, -0.2) is 0 Å². The van der Waals surface area contributed by atoms with Gasteiger partial charge in [0.2, 0.25) is 0 Å². The van der Waals surface area contributed by atoms with Gasteiger partial charge in [-0.2, -0.15) is 5.10 Å². The number of carbonyl (C=O) groups excluding carboxylic acids is 1. The third-order valence-electron chi connectivity index (χ3n) is 5.19.